The number of amides is 2. The molecule has 0 aliphatic carbocycles. The number of piperazine rings is 1. The number of benzene rings is 1. The Labute approximate surface area is 144 Å². The van der Waals surface area contributed by atoms with Gasteiger partial charge in [0.1, 0.15) is 0 Å². The standard InChI is InChI=1S/C19H27N3O2/c1-4-15-7-5-6-14(2)18(15)22-13-16(12-17(22)23)19(24)21-10-8-20(3)9-11-21/h5-7,16H,4,8-13H2,1-3H3. The fourth-order valence-electron chi connectivity index (χ4n) is 3.77. The summed E-state index contributed by atoms with van der Waals surface area (Å²) in [7, 11) is 2.08. The van der Waals surface area contributed by atoms with Gasteiger partial charge < -0.3 is 14.7 Å². The zero-order valence-corrected chi connectivity index (χ0v) is 14.9. The first kappa shape index (κ1) is 17.0. The van der Waals surface area contributed by atoms with Crippen LogP contribution in [0.5, 0.6) is 0 Å². The minimum atomic E-state index is -0.204. The highest BCUT2D eigenvalue weighted by atomic mass is 16.2. The molecule has 1 atom stereocenters. The zero-order chi connectivity index (χ0) is 17.3. The van der Waals surface area contributed by atoms with E-state index in [1.165, 1.54) is 5.56 Å². The average Bonchev–Trinajstić information content (AvgIpc) is 2.96. The summed E-state index contributed by atoms with van der Waals surface area (Å²) >= 11 is 0. The maximum Gasteiger partial charge on any atom is 0.228 e. The van der Waals surface area contributed by atoms with Crippen molar-refractivity contribution >= 4 is 17.5 Å². The Hall–Kier alpha value is -1.88. The van der Waals surface area contributed by atoms with Crippen molar-refractivity contribution in [2.24, 2.45) is 5.92 Å². The van der Waals surface area contributed by atoms with E-state index in [0.717, 1.165) is 43.9 Å². The molecule has 0 N–H and O–H groups in total. The number of rotatable bonds is 3. The lowest BCUT2D eigenvalue weighted by Gasteiger charge is -2.33. The number of anilines is 1. The van der Waals surface area contributed by atoms with Crippen LogP contribution in [0.15, 0.2) is 18.2 Å². The summed E-state index contributed by atoms with van der Waals surface area (Å²) in [5.41, 5.74) is 3.30. The second kappa shape index (κ2) is 6.93. The molecule has 0 radical (unpaired) electrons. The van der Waals surface area contributed by atoms with Gasteiger partial charge in [-0.15, -0.1) is 0 Å². The molecule has 1 unspecified atom stereocenters. The second-order valence-corrected chi connectivity index (χ2v) is 6.97. The average molecular weight is 329 g/mol. The molecule has 3 rings (SSSR count). The summed E-state index contributed by atoms with van der Waals surface area (Å²) in [6.07, 6.45) is 1.22. The zero-order valence-electron chi connectivity index (χ0n) is 14.9. The second-order valence-electron chi connectivity index (χ2n) is 6.97. The molecule has 0 aromatic heterocycles. The van der Waals surface area contributed by atoms with Gasteiger partial charge in [0.15, 0.2) is 0 Å². The van der Waals surface area contributed by atoms with Crippen LogP contribution in [0.1, 0.15) is 24.5 Å². The van der Waals surface area contributed by atoms with Crippen molar-refractivity contribution in [3.63, 3.8) is 0 Å². The number of likely N-dealkylation sites (N-methyl/N-ethyl adjacent to an activating group) is 1. The van der Waals surface area contributed by atoms with Crippen LogP contribution in [0.25, 0.3) is 0 Å². The Morgan fingerprint density at radius 2 is 1.92 bits per heavy atom. The minimum Gasteiger partial charge on any atom is -0.340 e. The summed E-state index contributed by atoms with van der Waals surface area (Å²) < 4.78 is 0. The van der Waals surface area contributed by atoms with Gasteiger partial charge in [0, 0.05) is 44.8 Å². The van der Waals surface area contributed by atoms with Gasteiger partial charge in [-0.3, -0.25) is 9.59 Å². The molecule has 5 nitrogen and oxygen atoms in total. The SMILES string of the molecule is CCc1cccc(C)c1N1CC(C(=O)N2CCN(C)CC2)CC1=O. The van der Waals surface area contributed by atoms with Gasteiger partial charge in [0.05, 0.1) is 5.92 Å². The first-order valence-corrected chi connectivity index (χ1v) is 8.87. The third-order valence-corrected chi connectivity index (χ3v) is 5.26. The molecule has 2 saturated heterocycles. The van der Waals surface area contributed by atoms with Crippen LogP contribution in [0.4, 0.5) is 5.69 Å². The van der Waals surface area contributed by atoms with Crippen molar-refractivity contribution in [2.75, 3.05) is 44.7 Å². The van der Waals surface area contributed by atoms with Gasteiger partial charge in [-0.1, -0.05) is 25.1 Å². The number of hydrogen-bond acceptors (Lipinski definition) is 3. The van der Waals surface area contributed by atoms with Gasteiger partial charge in [-0.05, 0) is 31.5 Å². The van der Waals surface area contributed by atoms with Crippen molar-refractivity contribution in [3.05, 3.63) is 29.3 Å². The first-order chi connectivity index (χ1) is 11.5. The predicted octanol–water partition coefficient (Wildman–Crippen LogP) is 1.68. The fraction of sp³-hybridized carbons (Fsp3) is 0.579. The summed E-state index contributed by atoms with van der Waals surface area (Å²) in [6.45, 7) is 8.02. The van der Waals surface area contributed by atoms with Gasteiger partial charge >= 0.3 is 0 Å². The molecule has 2 amide bonds. The summed E-state index contributed by atoms with van der Waals surface area (Å²) in [4.78, 5) is 31.4. The van der Waals surface area contributed by atoms with Crippen LogP contribution in [0, 0.1) is 12.8 Å². The molecule has 5 heteroatoms. The fourth-order valence-corrected chi connectivity index (χ4v) is 3.77. The Morgan fingerprint density at radius 3 is 2.58 bits per heavy atom. The van der Waals surface area contributed by atoms with Gasteiger partial charge in [-0.2, -0.15) is 0 Å². The number of nitrogens with zero attached hydrogens (tertiary/aromatic N) is 3. The molecule has 0 spiro atoms. The van der Waals surface area contributed by atoms with E-state index in [1.54, 1.807) is 0 Å². The van der Waals surface area contributed by atoms with Gasteiger partial charge in [0.25, 0.3) is 0 Å². The third kappa shape index (κ3) is 3.18. The van der Waals surface area contributed by atoms with Crippen molar-refractivity contribution < 1.29 is 9.59 Å². The van der Waals surface area contributed by atoms with E-state index >= 15 is 0 Å². The highest BCUT2D eigenvalue weighted by Gasteiger charge is 2.38. The normalized spacial score (nSPS) is 22.3. The lowest BCUT2D eigenvalue weighted by Crippen LogP contribution is -2.49. The number of carbonyl (C=O) groups is 2. The van der Waals surface area contributed by atoms with Gasteiger partial charge in [0.2, 0.25) is 11.8 Å². The Bertz CT molecular complexity index is 635. The molecule has 24 heavy (non-hydrogen) atoms. The summed E-state index contributed by atoms with van der Waals surface area (Å²) in [6, 6.07) is 6.15. The molecular formula is C19H27N3O2. The molecular weight excluding hydrogens is 302 g/mol. The van der Waals surface area contributed by atoms with E-state index in [-0.39, 0.29) is 17.7 Å². The highest BCUT2D eigenvalue weighted by molar-refractivity contribution is 6.01. The topological polar surface area (TPSA) is 43.9 Å². The van der Waals surface area contributed by atoms with E-state index in [2.05, 4.69) is 24.9 Å². The quantitative estimate of drug-likeness (QED) is 0.847. The van der Waals surface area contributed by atoms with E-state index in [0.29, 0.717) is 13.0 Å². The molecule has 2 aliphatic rings. The van der Waals surface area contributed by atoms with Crippen molar-refractivity contribution in [1.82, 2.24) is 9.80 Å². The van der Waals surface area contributed by atoms with Crippen LogP contribution in [0.2, 0.25) is 0 Å². The van der Waals surface area contributed by atoms with Crippen LogP contribution in [0.3, 0.4) is 0 Å². The van der Waals surface area contributed by atoms with Crippen molar-refractivity contribution in [3.8, 4) is 0 Å². The Kier molecular flexibility index (Phi) is 4.90. The van der Waals surface area contributed by atoms with Gasteiger partial charge in [-0.25, -0.2) is 0 Å². The minimum absolute atomic E-state index is 0.0754. The number of carbonyl (C=O) groups excluding carboxylic acids is 2. The van der Waals surface area contributed by atoms with Crippen LogP contribution >= 0.6 is 0 Å². The Balaban J connectivity index is 1.76. The lowest BCUT2D eigenvalue weighted by molar-refractivity contribution is -0.137. The molecule has 2 fully saturated rings. The van der Waals surface area contributed by atoms with Crippen molar-refractivity contribution in [1.29, 1.82) is 0 Å². The smallest absolute Gasteiger partial charge is 0.228 e. The highest BCUT2D eigenvalue weighted by Crippen LogP contribution is 2.32. The van der Waals surface area contributed by atoms with Crippen molar-refractivity contribution in [2.45, 2.75) is 26.7 Å². The predicted molar refractivity (Wildman–Crippen MR) is 95.1 cm³/mol. The largest absolute Gasteiger partial charge is 0.340 e. The van der Waals surface area contributed by atoms with Crippen LogP contribution < -0.4 is 4.90 Å². The lowest BCUT2D eigenvalue weighted by atomic mass is 10.0. The first-order valence-electron chi connectivity index (χ1n) is 8.87. The summed E-state index contributed by atoms with van der Waals surface area (Å²) in [5, 5.41) is 0. The van der Waals surface area contributed by atoms with E-state index in [1.807, 2.05) is 28.9 Å². The molecule has 1 aromatic carbocycles. The Morgan fingerprint density at radius 1 is 1.21 bits per heavy atom. The monoisotopic (exact) mass is 329 g/mol. The molecule has 0 saturated carbocycles. The molecule has 130 valence electrons. The number of hydrogen-bond donors (Lipinski definition) is 0. The van der Waals surface area contributed by atoms with E-state index < -0.39 is 0 Å². The van der Waals surface area contributed by atoms with Crippen LogP contribution in [-0.4, -0.2) is 61.4 Å². The molecule has 0 bridgehead atoms. The molecule has 1 aromatic rings. The van der Waals surface area contributed by atoms with E-state index in [4.69, 9.17) is 0 Å². The maximum absolute atomic E-state index is 12.8. The molecule has 2 aliphatic heterocycles. The number of aryl methyl sites for hydroxylation is 2. The number of para-hydroxylation sites is 1. The molecule has 2 heterocycles. The van der Waals surface area contributed by atoms with E-state index in [9.17, 15) is 9.59 Å². The van der Waals surface area contributed by atoms with Crippen LogP contribution in [-0.2, 0) is 16.0 Å². The third-order valence-electron chi connectivity index (χ3n) is 5.26. The maximum atomic E-state index is 12.8. The summed E-state index contributed by atoms with van der Waals surface area (Å²) in [5.74, 6) is 0.0160.